The van der Waals surface area contributed by atoms with E-state index in [0.29, 0.717) is 30.8 Å². The van der Waals surface area contributed by atoms with Crippen molar-refractivity contribution in [2.24, 2.45) is 7.05 Å². The van der Waals surface area contributed by atoms with E-state index in [4.69, 9.17) is 4.74 Å². The Bertz CT molecular complexity index is 929. The van der Waals surface area contributed by atoms with Crippen molar-refractivity contribution in [3.8, 4) is 5.88 Å². The molecule has 9 heteroatoms. The lowest BCUT2D eigenvalue weighted by molar-refractivity contribution is -0.154. The van der Waals surface area contributed by atoms with Crippen molar-refractivity contribution in [3.05, 3.63) is 47.0 Å². The van der Waals surface area contributed by atoms with Crippen LogP contribution in [0.3, 0.4) is 0 Å². The van der Waals surface area contributed by atoms with Crippen molar-refractivity contribution < 1.29 is 22.3 Å². The summed E-state index contributed by atoms with van der Waals surface area (Å²) >= 11 is 0. The van der Waals surface area contributed by atoms with Gasteiger partial charge in [-0.25, -0.2) is 9.07 Å². The van der Waals surface area contributed by atoms with Crippen LogP contribution in [-0.2, 0) is 20.0 Å². The molecule has 3 rings (SSSR count). The number of hydrogen-bond donors (Lipinski definition) is 2. The highest BCUT2D eigenvalue weighted by atomic mass is 19.4. The standard InChI is InChI=1S/C18H20F4N4O/c1-11-15(17(26(2)25-11)27-10-18(20,21)22)9-23-6-5-12-8-24-16-7-13(19)3-4-14(12)16/h3-4,7-8,23-24H,5-6,9-10H2,1-2H3. The SMILES string of the molecule is Cc1nn(C)c(OCC(F)(F)F)c1CNCCc1c[nH]c2cc(F)ccc12. The zero-order valence-electron chi connectivity index (χ0n) is 15.0. The summed E-state index contributed by atoms with van der Waals surface area (Å²) in [6.45, 7) is 1.30. The van der Waals surface area contributed by atoms with E-state index in [2.05, 4.69) is 15.4 Å². The van der Waals surface area contributed by atoms with E-state index in [0.717, 1.165) is 16.5 Å². The van der Waals surface area contributed by atoms with E-state index in [1.165, 1.54) is 16.8 Å². The predicted molar refractivity (Wildman–Crippen MR) is 93.2 cm³/mol. The predicted octanol–water partition coefficient (Wildman–Crippen LogP) is 3.62. The third kappa shape index (κ3) is 4.60. The van der Waals surface area contributed by atoms with Crippen LogP contribution in [0.15, 0.2) is 24.4 Å². The topological polar surface area (TPSA) is 54.9 Å². The molecule has 0 aliphatic rings. The molecular formula is C18H20F4N4O. The molecule has 0 fully saturated rings. The van der Waals surface area contributed by atoms with Gasteiger partial charge in [-0.05, 0) is 43.7 Å². The van der Waals surface area contributed by atoms with Crippen molar-refractivity contribution in [3.63, 3.8) is 0 Å². The molecule has 2 aromatic heterocycles. The van der Waals surface area contributed by atoms with Crippen LogP contribution in [0.4, 0.5) is 17.6 Å². The second kappa shape index (κ2) is 7.59. The molecule has 1 aromatic carbocycles. The first-order valence-electron chi connectivity index (χ1n) is 8.43. The number of rotatable bonds is 7. The lowest BCUT2D eigenvalue weighted by Gasteiger charge is -2.12. The highest BCUT2D eigenvalue weighted by molar-refractivity contribution is 5.83. The molecule has 0 radical (unpaired) electrons. The van der Waals surface area contributed by atoms with Crippen LogP contribution in [-0.4, -0.2) is 34.1 Å². The molecule has 2 heterocycles. The van der Waals surface area contributed by atoms with Crippen LogP contribution < -0.4 is 10.1 Å². The van der Waals surface area contributed by atoms with Gasteiger partial charge in [0.15, 0.2) is 6.61 Å². The number of aromatic amines is 1. The summed E-state index contributed by atoms with van der Waals surface area (Å²) in [4.78, 5) is 3.03. The zero-order chi connectivity index (χ0) is 19.6. The molecule has 0 unspecified atom stereocenters. The molecule has 0 saturated carbocycles. The van der Waals surface area contributed by atoms with Crippen molar-refractivity contribution in [1.82, 2.24) is 20.1 Å². The molecule has 0 bridgehead atoms. The average Bonchev–Trinajstić information content (AvgIpc) is 3.09. The molecule has 5 nitrogen and oxygen atoms in total. The van der Waals surface area contributed by atoms with Crippen molar-refractivity contribution >= 4 is 10.9 Å². The number of ether oxygens (including phenoxy) is 1. The zero-order valence-corrected chi connectivity index (χ0v) is 15.0. The van der Waals surface area contributed by atoms with E-state index in [1.54, 1.807) is 20.0 Å². The summed E-state index contributed by atoms with van der Waals surface area (Å²) in [5, 5.41) is 8.29. The molecule has 3 aromatic rings. The number of H-pyrrole nitrogens is 1. The van der Waals surface area contributed by atoms with Gasteiger partial charge in [0.1, 0.15) is 5.82 Å². The van der Waals surface area contributed by atoms with Crippen molar-refractivity contribution in [2.45, 2.75) is 26.1 Å². The highest BCUT2D eigenvalue weighted by Gasteiger charge is 2.30. The van der Waals surface area contributed by atoms with Gasteiger partial charge in [-0.15, -0.1) is 0 Å². The Morgan fingerprint density at radius 1 is 1.30 bits per heavy atom. The van der Waals surface area contributed by atoms with E-state index in [1.807, 2.05) is 6.20 Å². The number of fused-ring (bicyclic) bond motifs is 1. The van der Waals surface area contributed by atoms with Gasteiger partial charge in [-0.2, -0.15) is 18.3 Å². The van der Waals surface area contributed by atoms with Crippen LogP contribution in [0, 0.1) is 12.7 Å². The van der Waals surface area contributed by atoms with Crippen LogP contribution in [0.25, 0.3) is 10.9 Å². The van der Waals surface area contributed by atoms with Gasteiger partial charge >= 0.3 is 6.18 Å². The first kappa shape index (κ1) is 19.2. The summed E-state index contributed by atoms with van der Waals surface area (Å²) < 4.78 is 56.8. The second-order valence-electron chi connectivity index (χ2n) is 6.33. The molecule has 0 saturated heterocycles. The summed E-state index contributed by atoms with van der Waals surface area (Å²) in [5.41, 5.74) is 2.98. The molecule has 2 N–H and O–H groups in total. The molecule has 0 aliphatic carbocycles. The maximum Gasteiger partial charge on any atom is 0.422 e. The summed E-state index contributed by atoms with van der Waals surface area (Å²) in [5.74, 6) is -0.188. The Hall–Kier alpha value is -2.55. The monoisotopic (exact) mass is 384 g/mol. The third-order valence-electron chi connectivity index (χ3n) is 4.26. The van der Waals surface area contributed by atoms with Gasteiger partial charge in [0.05, 0.1) is 11.3 Å². The largest absolute Gasteiger partial charge is 0.468 e. The molecular weight excluding hydrogens is 364 g/mol. The Kier molecular flexibility index (Phi) is 5.41. The Morgan fingerprint density at radius 2 is 2.07 bits per heavy atom. The minimum atomic E-state index is -4.41. The number of halogens is 4. The minimum absolute atomic E-state index is 0.111. The maximum absolute atomic E-state index is 13.2. The molecule has 0 spiro atoms. The lowest BCUT2D eigenvalue weighted by Crippen LogP contribution is -2.22. The van der Waals surface area contributed by atoms with E-state index >= 15 is 0 Å². The average molecular weight is 384 g/mol. The summed E-state index contributed by atoms with van der Waals surface area (Å²) in [6.07, 6.45) is -1.89. The second-order valence-corrected chi connectivity index (χ2v) is 6.33. The van der Waals surface area contributed by atoms with Gasteiger partial charge in [0, 0.05) is 30.7 Å². The van der Waals surface area contributed by atoms with E-state index < -0.39 is 12.8 Å². The molecule has 146 valence electrons. The van der Waals surface area contributed by atoms with Crippen LogP contribution >= 0.6 is 0 Å². The fraction of sp³-hybridized carbons (Fsp3) is 0.389. The number of nitrogens with zero attached hydrogens (tertiary/aromatic N) is 2. The van der Waals surface area contributed by atoms with Crippen LogP contribution in [0.2, 0.25) is 0 Å². The van der Waals surface area contributed by atoms with E-state index in [9.17, 15) is 17.6 Å². The summed E-state index contributed by atoms with van der Waals surface area (Å²) in [7, 11) is 1.55. The number of nitrogens with one attached hydrogen (secondary N) is 2. The van der Waals surface area contributed by atoms with Crippen LogP contribution in [0.5, 0.6) is 5.88 Å². The molecule has 0 aliphatic heterocycles. The number of benzene rings is 1. The first-order chi connectivity index (χ1) is 12.7. The Morgan fingerprint density at radius 3 is 2.81 bits per heavy atom. The number of aromatic nitrogens is 3. The van der Waals surface area contributed by atoms with E-state index in [-0.39, 0.29) is 11.7 Å². The van der Waals surface area contributed by atoms with Gasteiger partial charge in [-0.3, -0.25) is 0 Å². The minimum Gasteiger partial charge on any atom is -0.468 e. The number of hydrogen-bond acceptors (Lipinski definition) is 3. The van der Waals surface area contributed by atoms with Gasteiger partial charge in [0.2, 0.25) is 5.88 Å². The Balaban J connectivity index is 1.60. The lowest BCUT2D eigenvalue weighted by atomic mass is 10.1. The molecule has 0 amide bonds. The highest BCUT2D eigenvalue weighted by Crippen LogP contribution is 2.24. The Labute approximate surface area is 153 Å². The third-order valence-corrected chi connectivity index (χ3v) is 4.26. The first-order valence-corrected chi connectivity index (χ1v) is 8.43. The number of aryl methyl sites for hydroxylation is 2. The van der Waals surface area contributed by atoms with Crippen LogP contribution in [0.1, 0.15) is 16.8 Å². The fourth-order valence-electron chi connectivity index (χ4n) is 3.02. The van der Waals surface area contributed by atoms with Crippen molar-refractivity contribution in [2.75, 3.05) is 13.2 Å². The molecule has 0 atom stereocenters. The van der Waals surface area contributed by atoms with Gasteiger partial charge < -0.3 is 15.0 Å². The fourth-order valence-corrected chi connectivity index (χ4v) is 3.02. The summed E-state index contributed by atoms with van der Waals surface area (Å²) in [6, 6.07) is 4.58. The quantitative estimate of drug-likeness (QED) is 0.483. The van der Waals surface area contributed by atoms with Crippen molar-refractivity contribution in [1.29, 1.82) is 0 Å². The normalized spacial score (nSPS) is 12.1. The van der Waals surface area contributed by atoms with Gasteiger partial charge in [-0.1, -0.05) is 0 Å². The maximum atomic E-state index is 13.2. The van der Waals surface area contributed by atoms with Gasteiger partial charge in [0.25, 0.3) is 0 Å². The smallest absolute Gasteiger partial charge is 0.422 e. The number of alkyl halides is 3. The molecule has 27 heavy (non-hydrogen) atoms.